The van der Waals surface area contributed by atoms with E-state index in [1.165, 1.54) is 16.3 Å². The fourth-order valence-corrected chi connectivity index (χ4v) is 2.38. The molecule has 0 saturated carbocycles. The average molecular weight is 300 g/mol. The molecule has 7 nitrogen and oxygen atoms in total. The van der Waals surface area contributed by atoms with E-state index in [1.807, 2.05) is 31.2 Å². The van der Waals surface area contributed by atoms with Crippen LogP contribution in [0.25, 0.3) is 11.0 Å². The van der Waals surface area contributed by atoms with Gasteiger partial charge in [-0.1, -0.05) is 17.7 Å². The molecule has 2 heterocycles. The minimum atomic E-state index is -0.417. The number of rotatable bonds is 2. The molecule has 0 amide bonds. The van der Waals surface area contributed by atoms with E-state index < -0.39 is 11.2 Å². The summed E-state index contributed by atoms with van der Waals surface area (Å²) < 4.78 is 9.61. The number of nitrogens with zero attached hydrogens (tertiary/aromatic N) is 4. The summed E-state index contributed by atoms with van der Waals surface area (Å²) >= 11 is 0. The highest BCUT2D eigenvalue weighted by atomic mass is 16.5. The smallest absolute Gasteiger partial charge is 0.331 e. The van der Waals surface area contributed by atoms with Gasteiger partial charge in [0.25, 0.3) is 11.4 Å². The van der Waals surface area contributed by atoms with Crippen molar-refractivity contribution in [2.75, 3.05) is 0 Å². The van der Waals surface area contributed by atoms with Crippen molar-refractivity contribution in [3.63, 3.8) is 0 Å². The van der Waals surface area contributed by atoms with Gasteiger partial charge in [-0.25, -0.2) is 4.79 Å². The largest absolute Gasteiger partial charge is 0.436 e. The first-order valence-electron chi connectivity index (χ1n) is 6.77. The molecule has 0 spiro atoms. The van der Waals surface area contributed by atoms with Gasteiger partial charge in [0, 0.05) is 21.1 Å². The van der Waals surface area contributed by atoms with Crippen molar-refractivity contribution in [3.8, 4) is 11.6 Å². The highest BCUT2D eigenvalue weighted by Crippen LogP contribution is 2.26. The van der Waals surface area contributed by atoms with Crippen LogP contribution in [-0.2, 0) is 21.1 Å². The van der Waals surface area contributed by atoms with Crippen molar-refractivity contribution in [2.45, 2.75) is 6.92 Å². The lowest BCUT2D eigenvalue weighted by Gasteiger charge is -2.06. The predicted molar refractivity (Wildman–Crippen MR) is 82.4 cm³/mol. The van der Waals surface area contributed by atoms with Crippen LogP contribution >= 0.6 is 0 Å². The van der Waals surface area contributed by atoms with Gasteiger partial charge in [0.1, 0.15) is 11.3 Å². The van der Waals surface area contributed by atoms with E-state index in [9.17, 15) is 9.59 Å². The van der Waals surface area contributed by atoms with Gasteiger partial charge in [-0.2, -0.15) is 0 Å². The SMILES string of the molecule is Cc1ccc(Oc2nn(C)c3c(=O)n(C)c(=O)n(C)c23)cc1. The van der Waals surface area contributed by atoms with Gasteiger partial charge in [-0.15, -0.1) is 5.10 Å². The molecule has 1 aromatic carbocycles. The summed E-state index contributed by atoms with van der Waals surface area (Å²) in [5.74, 6) is 0.831. The minimum Gasteiger partial charge on any atom is -0.436 e. The summed E-state index contributed by atoms with van der Waals surface area (Å²) in [5.41, 5.74) is 1.01. The minimum absolute atomic E-state index is 0.235. The second-order valence-corrected chi connectivity index (χ2v) is 5.25. The zero-order valence-corrected chi connectivity index (χ0v) is 12.8. The van der Waals surface area contributed by atoms with Crippen molar-refractivity contribution in [1.29, 1.82) is 0 Å². The Balaban J connectivity index is 2.25. The molecule has 0 bridgehead atoms. The molecule has 0 radical (unpaired) electrons. The summed E-state index contributed by atoms with van der Waals surface area (Å²) in [6, 6.07) is 7.46. The molecule has 0 fully saturated rings. The van der Waals surface area contributed by atoms with Gasteiger partial charge in [-0.3, -0.25) is 18.6 Å². The molecule has 0 saturated heterocycles. The van der Waals surface area contributed by atoms with Crippen LogP contribution in [0.15, 0.2) is 33.9 Å². The van der Waals surface area contributed by atoms with E-state index in [1.54, 1.807) is 14.1 Å². The van der Waals surface area contributed by atoms with Crippen LogP contribution in [0.5, 0.6) is 11.6 Å². The van der Waals surface area contributed by atoms with Crippen molar-refractivity contribution >= 4 is 11.0 Å². The average Bonchev–Trinajstić information content (AvgIpc) is 2.81. The summed E-state index contributed by atoms with van der Waals surface area (Å²) in [7, 11) is 4.68. The zero-order valence-electron chi connectivity index (χ0n) is 12.8. The first-order chi connectivity index (χ1) is 10.4. The summed E-state index contributed by atoms with van der Waals surface area (Å²) in [6.45, 7) is 1.98. The third-order valence-electron chi connectivity index (χ3n) is 3.64. The number of aromatic nitrogens is 4. The maximum Gasteiger partial charge on any atom is 0.331 e. The van der Waals surface area contributed by atoms with Crippen molar-refractivity contribution < 1.29 is 4.74 Å². The molecular formula is C15H16N4O3. The van der Waals surface area contributed by atoms with Gasteiger partial charge >= 0.3 is 5.69 Å². The Morgan fingerprint density at radius 2 is 1.59 bits per heavy atom. The highest BCUT2D eigenvalue weighted by Gasteiger charge is 2.19. The first kappa shape index (κ1) is 14.1. The number of ether oxygens (including phenoxy) is 1. The molecule has 0 unspecified atom stereocenters. The molecule has 3 rings (SSSR count). The van der Waals surface area contributed by atoms with Gasteiger partial charge in [0.15, 0.2) is 5.52 Å². The molecule has 0 aliphatic carbocycles. The molecule has 3 aromatic rings. The Hall–Kier alpha value is -2.83. The van der Waals surface area contributed by atoms with Gasteiger partial charge in [-0.05, 0) is 19.1 Å². The fourth-order valence-electron chi connectivity index (χ4n) is 2.38. The molecule has 7 heteroatoms. The predicted octanol–water partition coefficient (Wildman–Crippen LogP) is 1.07. The molecule has 2 aromatic heterocycles. The monoisotopic (exact) mass is 300 g/mol. The van der Waals surface area contributed by atoms with Gasteiger partial charge in [0.2, 0.25) is 0 Å². The van der Waals surface area contributed by atoms with Crippen molar-refractivity contribution in [3.05, 3.63) is 50.7 Å². The summed E-state index contributed by atoms with van der Waals surface area (Å²) in [6.07, 6.45) is 0. The lowest BCUT2D eigenvalue weighted by atomic mass is 10.2. The fraction of sp³-hybridized carbons (Fsp3) is 0.267. The number of hydrogen-bond donors (Lipinski definition) is 0. The third-order valence-corrected chi connectivity index (χ3v) is 3.64. The van der Waals surface area contributed by atoms with E-state index in [0.29, 0.717) is 16.8 Å². The Morgan fingerprint density at radius 1 is 0.955 bits per heavy atom. The molecule has 0 aliphatic heterocycles. The van der Waals surface area contributed by atoms with E-state index in [-0.39, 0.29) is 5.88 Å². The third kappa shape index (κ3) is 2.02. The van der Waals surface area contributed by atoms with Gasteiger partial charge < -0.3 is 4.74 Å². The topological polar surface area (TPSA) is 71.1 Å². The second kappa shape index (κ2) is 4.87. The van der Waals surface area contributed by atoms with Crippen molar-refractivity contribution in [2.24, 2.45) is 21.1 Å². The summed E-state index contributed by atoms with van der Waals surface area (Å²) in [4.78, 5) is 24.4. The summed E-state index contributed by atoms with van der Waals surface area (Å²) in [5, 5.41) is 4.23. The molecule has 22 heavy (non-hydrogen) atoms. The number of fused-ring (bicyclic) bond motifs is 1. The zero-order chi connectivity index (χ0) is 16.0. The quantitative estimate of drug-likeness (QED) is 0.710. The van der Waals surface area contributed by atoms with Crippen molar-refractivity contribution in [1.82, 2.24) is 18.9 Å². The van der Waals surface area contributed by atoms with E-state index in [0.717, 1.165) is 10.1 Å². The maximum atomic E-state index is 12.3. The number of benzene rings is 1. The van der Waals surface area contributed by atoms with Crippen LogP contribution in [0.3, 0.4) is 0 Å². The Morgan fingerprint density at radius 3 is 2.23 bits per heavy atom. The number of hydrogen-bond acceptors (Lipinski definition) is 4. The van der Waals surface area contributed by atoms with Crippen LogP contribution in [0.2, 0.25) is 0 Å². The van der Waals surface area contributed by atoms with Crippen LogP contribution in [-0.4, -0.2) is 18.9 Å². The Labute approximate surface area is 126 Å². The number of aryl methyl sites for hydroxylation is 3. The van der Waals surface area contributed by atoms with Crippen LogP contribution < -0.4 is 16.0 Å². The molecule has 0 atom stereocenters. The van der Waals surface area contributed by atoms with E-state index >= 15 is 0 Å². The van der Waals surface area contributed by atoms with E-state index in [4.69, 9.17) is 4.74 Å². The lowest BCUT2D eigenvalue weighted by molar-refractivity contribution is 0.456. The molecule has 114 valence electrons. The Kier molecular flexibility index (Phi) is 3.13. The molecular weight excluding hydrogens is 284 g/mol. The Bertz CT molecular complexity index is 977. The second-order valence-electron chi connectivity index (χ2n) is 5.25. The van der Waals surface area contributed by atoms with Crippen LogP contribution in [0, 0.1) is 6.92 Å². The van der Waals surface area contributed by atoms with Crippen LogP contribution in [0.4, 0.5) is 0 Å². The van der Waals surface area contributed by atoms with Gasteiger partial charge in [0.05, 0.1) is 0 Å². The maximum absolute atomic E-state index is 12.3. The van der Waals surface area contributed by atoms with Crippen LogP contribution in [0.1, 0.15) is 5.56 Å². The highest BCUT2D eigenvalue weighted by molar-refractivity contribution is 5.80. The standard InChI is InChI=1S/C15H16N4O3/c1-9-5-7-10(8-6-9)22-13-11-12(19(4)16-13)14(20)18(3)15(21)17(11)2/h5-8H,1-4H3. The normalized spacial score (nSPS) is 11.1. The molecule has 0 N–H and O–H groups in total. The van der Waals surface area contributed by atoms with E-state index in [2.05, 4.69) is 5.10 Å². The molecule has 0 aliphatic rings. The first-order valence-corrected chi connectivity index (χ1v) is 6.77. The lowest BCUT2D eigenvalue weighted by Crippen LogP contribution is -2.37.